The highest BCUT2D eigenvalue weighted by molar-refractivity contribution is 5.96. The van der Waals surface area contributed by atoms with Crippen LogP contribution in [0.15, 0.2) is 24.3 Å². The van der Waals surface area contributed by atoms with Crippen LogP contribution < -0.4 is 0 Å². The molecule has 0 saturated carbocycles. The van der Waals surface area contributed by atoms with Gasteiger partial charge in [-0.3, -0.25) is 14.3 Å². The number of aromatic nitrogens is 2. The summed E-state index contributed by atoms with van der Waals surface area (Å²) in [7, 11) is 0. The number of benzene rings is 1. The number of rotatable bonds is 3. The summed E-state index contributed by atoms with van der Waals surface area (Å²) in [6, 6.07) is 7.66. The molecule has 2 amide bonds. The van der Waals surface area contributed by atoms with E-state index in [-0.39, 0.29) is 11.8 Å². The smallest absolute Gasteiger partial charge is 0.274 e. The van der Waals surface area contributed by atoms with Gasteiger partial charge in [-0.15, -0.1) is 0 Å². The fourth-order valence-electron chi connectivity index (χ4n) is 4.05. The van der Waals surface area contributed by atoms with Crippen molar-refractivity contribution in [1.82, 2.24) is 19.6 Å². The molecule has 2 aliphatic rings. The Kier molecular flexibility index (Phi) is 4.72. The van der Waals surface area contributed by atoms with Crippen LogP contribution in [0.1, 0.15) is 57.4 Å². The molecule has 2 aliphatic heterocycles. The molecule has 0 radical (unpaired) electrons. The van der Waals surface area contributed by atoms with Crippen LogP contribution in [0, 0.1) is 6.92 Å². The monoisotopic (exact) mass is 366 g/mol. The molecular formula is C21H26N4O2. The lowest BCUT2D eigenvalue weighted by atomic mass is 10.0. The maximum Gasteiger partial charge on any atom is 0.274 e. The van der Waals surface area contributed by atoms with Crippen molar-refractivity contribution in [3.05, 3.63) is 52.3 Å². The van der Waals surface area contributed by atoms with Gasteiger partial charge in [0.05, 0.1) is 6.54 Å². The van der Waals surface area contributed by atoms with Gasteiger partial charge in [0.25, 0.3) is 11.8 Å². The van der Waals surface area contributed by atoms with E-state index in [9.17, 15) is 9.59 Å². The third kappa shape index (κ3) is 3.24. The zero-order valence-corrected chi connectivity index (χ0v) is 16.1. The Labute approximate surface area is 159 Å². The number of hydrogen-bond acceptors (Lipinski definition) is 3. The number of fused-ring (bicyclic) bond motifs is 1. The summed E-state index contributed by atoms with van der Waals surface area (Å²) in [6.45, 7) is 7.51. The second-order valence-corrected chi connectivity index (χ2v) is 7.43. The molecule has 6 heteroatoms. The van der Waals surface area contributed by atoms with Crippen molar-refractivity contribution in [3.8, 4) is 0 Å². The minimum Gasteiger partial charge on any atom is -0.337 e. The highest BCUT2D eigenvalue weighted by Crippen LogP contribution is 2.26. The summed E-state index contributed by atoms with van der Waals surface area (Å²) in [5, 5.41) is 4.62. The van der Waals surface area contributed by atoms with Crippen LogP contribution in [-0.2, 0) is 19.5 Å². The molecule has 2 aromatic rings. The van der Waals surface area contributed by atoms with E-state index in [0.717, 1.165) is 55.7 Å². The molecule has 0 bridgehead atoms. The number of aryl methyl sites for hydroxylation is 2. The zero-order chi connectivity index (χ0) is 19.0. The predicted molar refractivity (Wildman–Crippen MR) is 103 cm³/mol. The summed E-state index contributed by atoms with van der Waals surface area (Å²) in [5.41, 5.74) is 4.40. The van der Waals surface area contributed by atoms with Crippen LogP contribution in [0.25, 0.3) is 0 Å². The average molecular weight is 366 g/mol. The minimum atomic E-state index is 0.0144. The third-order valence-electron chi connectivity index (χ3n) is 5.62. The van der Waals surface area contributed by atoms with E-state index in [1.807, 2.05) is 52.6 Å². The van der Waals surface area contributed by atoms with Gasteiger partial charge in [-0.25, -0.2) is 0 Å². The Bertz CT molecular complexity index is 863. The first kappa shape index (κ1) is 17.8. The van der Waals surface area contributed by atoms with Crippen molar-refractivity contribution in [3.63, 3.8) is 0 Å². The van der Waals surface area contributed by atoms with E-state index < -0.39 is 0 Å². The summed E-state index contributed by atoms with van der Waals surface area (Å²) in [4.78, 5) is 29.7. The highest BCUT2D eigenvalue weighted by Gasteiger charge is 2.32. The van der Waals surface area contributed by atoms with E-state index in [1.54, 1.807) is 0 Å². The van der Waals surface area contributed by atoms with E-state index in [4.69, 9.17) is 0 Å². The molecule has 1 aromatic heterocycles. The molecule has 0 atom stereocenters. The number of carbonyl (C=O) groups excluding carboxylic acids is 2. The molecule has 0 unspecified atom stereocenters. The molecular weight excluding hydrogens is 340 g/mol. The van der Waals surface area contributed by atoms with Gasteiger partial charge in [0.2, 0.25) is 0 Å². The van der Waals surface area contributed by atoms with Crippen LogP contribution in [0.2, 0.25) is 0 Å². The first-order valence-corrected chi connectivity index (χ1v) is 9.82. The normalized spacial score (nSPS) is 16.5. The number of nitrogens with zero attached hydrogens (tertiary/aromatic N) is 4. The predicted octanol–water partition coefficient (Wildman–Crippen LogP) is 2.65. The molecule has 3 heterocycles. The van der Waals surface area contributed by atoms with E-state index in [0.29, 0.717) is 24.3 Å². The van der Waals surface area contributed by atoms with Gasteiger partial charge in [0, 0.05) is 49.4 Å². The van der Waals surface area contributed by atoms with E-state index in [1.165, 1.54) is 0 Å². The van der Waals surface area contributed by atoms with Crippen LogP contribution >= 0.6 is 0 Å². The number of carbonyl (C=O) groups is 2. The lowest BCUT2D eigenvalue weighted by Gasteiger charge is -2.28. The first-order chi connectivity index (χ1) is 13.1. The van der Waals surface area contributed by atoms with Gasteiger partial charge < -0.3 is 9.80 Å². The van der Waals surface area contributed by atoms with Crippen LogP contribution in [0.3, 0.4) is 0 Å². The number of hydrogen-bond donors (Lipinski definition) is 0. The summed E-state index contributed by atoms with van der Waals surface area (Å²) >= 11 is 0. The van der Waals surface area contributed by atoms with Gasteiger partial charge >= 0.3 is 0 Å². The van der Waals surface area contributed by atoms with Crippen molar-refractivity contribution in [2.45, 2.75) is 46.2 Å². The number of likely N-dealkylation sites (tertiary alicyclic amines) is 1. The summed E-state index contributed by atoms with van der Waals surface area (Å²) in [6.07, 6.45) is 2.85. The Balaban J connectivity index is 1.62. The lowest BCUT2D eigenvalue weighted by molar-refractivity contribution is 0.0722. The standard InChI is InChI=1S/C21H26N4O2/c1-3-25-18-10-13-24(20(26)16-8-6-15(2)7-9-16)14-17(18)19(22-25)21(27)23-11-4-5-12-23/h6-9H,3-5,10-14H2,1-2H3. The second kappa shape index (κ2) is 7.18. The van der Waals surface area contributed by atoms with Crippen molar-refractivity contribution < 1.29 is 9.59 Å². The van der Waals surface area contributed by atoms with Gasteiger partial charge in [-0.1, -0.05) is 17.7 Å². The maximum atomic E-state index is 13.0. The van der Waals surface area contributed by atoms with Crippen LogP contribution in [-0.4, -0.2) is 51.0 Å². The van der Waals surface area contributed by atoms with Gasteiger partial charge in [0.15, 0.2) is 5.69 Å². The SMILES string of the molecule is CCn1nc(C(=O)N2CCCC2)c2c1CCN(C(=O)c1ccc(C)cc1)C2. The molecule has 0 spiro atoms. The summed E-state index contributed by atoms with van der Waals surface area (Å²) in [5.74, 6) is 0.0325. The Morgan fingerprint density at radius 2 is 1.70 bits per heavy atom. The van der Waals surface area contributed by atoms with Crippen LogP contribution in [0.5, 0.6) is 0 Å². The Hall–Kier alpha value is -2.63. The van der Waals surface area contributed by atoms with Crippen molar-refractivity contribution in [2.24, 2.45) is 0 Å². The maximum absolute atomic E-state index is 13.0. The lowest BCUT2D eigenvalue weighted by Crippen LogP contribution is -2.37. The first-order valence-electron chi connectivity index (χ1n) is 9.82. The Morgan fingerprint density at radius 3 is 2.37 bits per heavy atom. The number of amides is 2. The fraction of sp³-hybridized carbons (Fsp3) is 0.476. The third-order valence-corrected chi connectivity index (χ3v) is 5.62. The molecule has 4 rings (SSSR count). The molecule has 1 aromatic carbocycles. The summed E-state index contributed by atoms with van der Waals surface area (Å²) < 4.78 is 1.94. The quantitative estimate of drug-likeness (QED) is 0.839. The zero-order valence-electron chi connectivity index (χ0n) is 16.1. The Morgan fingerprint density at radius 1 is 1.00 bits per heavy atom. The molecule has 0 N–H and O–H groups in total. The average Bonchev–Trinajstić information content (AvgIpc) is 3.35. The molecule has 0 aliphatic carbocycles. The van der Waals surface area contributed by atoms with Gasteiger partial charge in [-0.05, 0) is 38.8 Å². The fourth-order valence-corrected chi connectivity index (χ4v) is 4.05. The largest absolute Gasteiger partial charge is 0.337 e. The van der Waals surface area contributed by atoms with Crippen LogP contribution in [0.4, 0.5) is 0 Å². The molecule has 6 nitrogen and oxygen atoms in total. The van der Waals surface area contributed by atoms with Crippen molar-refractivity contribution >= 4 is 11.8 Å². The molecule has 142 valence electrons. The molecule has 1 saturated heterocycles. The molecule has 27 heavy (non-hydrogen) atoms. The topological polar surface area (TPSA) is 58.4 Å². The highest BCUT2D eigenvalue weighted by atomic mass is 16.2. The molecule has 1 fully saturated rings. The van der Waals surface area contributed by atoms with E-state index >= 15 is 0 Å². The van der Waals surface area contributed by atoms with Crippen molar-refractivity contribution in [2.75, 3.05) is 19.6 Å². The van der Waals surface area contributed by atoms with Gasteiger partial charge in [-0.2, -0.15) is 5.10 Å². The van der Waals surface area contributed by atoms with Crippen molar-refractivity contribution in [1.29, 1.82) is 0 Å². The van der Waals surface area contributed by atoms with E-state index in [2.05, 4.69) is 5.10 Å². The van der Waals surface area contributed by atoms with Gasteiger partial charge in [0.1, 0.15) is 0 Å². The second-order valence-electron chi connectivity index (χ2n) is 7.43. The minimum absolute atomic E-state index is 0.0144.